The number of carboxylic acids is 1. The van der Waals surface area contributed by atoms with E-state index in [2.05, 4.69) is 5.32 Å². The molecule has 0 aromatic heterocycles. The van der Waals surface area contributed by atoms with Crippen molar-refractivity contribution in [3.05, 3.63) is 29.3 Å². The number of aryl methyl sites for hydroxylation is 1. The fourth-order valence-electron chi connectivity index (χ4n) is 3.06. The highest BCUT2D eigenvalue weighted by Gasteiger charge is 2.51. The summed E-state index contributed by atoms with van der Waals surface area (Å²) in [5, 5.41) is 11.7. The molecule has 8 heteroatoms. The summed E-state index contributed by atoms with van der Waals surface area (Å²) in [6.45, 7) is 2.67. The van der Waals surface area contributed by atoms with Gasteiger partial charge in [0.15, 0.2) is 0 Å². The molecule has 1 heterocycles. The lowest BCUT2D eigenvalue weighted by Crippen LogP contribution is -2.43. The van der Waals surface area contributed by atoms with Crippen molar-refractivity contribution in [1.29, 1.82) is 0 Å². The lowest BCUT2D eigenvalue weighted by atomic mass is 10.1. The third kappa shape index (κ3) is 3.41. The number of nitrogens with zero attached hydrogens (tertiary/aromatic N) is 1. The minimum absolute atomic E-state index is 0.0744. The maximum atomic E-state index is 12.8. The molecule has 1 saturated carbocycles. The average molecular weight is 366 g/mol. The second kappa shape index (κ2) is 6.42. The quantitative estimate of drug-likeness (QED) is 0.822. The molecule has 0 bridgehead atoms. The highest BCUT2D eigenvalue weighted by atomic mass is 32.2. The van der Waals surface area contributed by atoms with Crippen molar-refractivity contribution in [3.8, 4) is 0 Å². The number of hydrogen-bond acceptors (Lipinski definition) is 4. The van der Waals surface area contributed by atoms with Crippen LogP contribution in [0.1, 0.15) is 48.0 Å². The van der Waals surface area contributed by atoms with Gasteiger partial charge in [0.2, 0.25) is 10.0 Å². The Morgan fingerprint density at radius 2 is 1.80 bits per heavy atom. The summed E-state index contributed by atoms with van der Waals surface area (Å²) in [7, 11) is -3.64. The van der Waals surface area contributed by atoms with E-state index in [9.17, 15) is 23.1 Å². The summed E-state index contributed by atoms with van der Waals surface area (Å²) in [6.07, 6.45) is 3.46. The number of carbonyl (C=O) groups excluding carboxylic acids is 1. The third-order valence-corrected chi connectivity index (χ3v) is 6.81. The minimum Gasteiger partial charge on any atom is -0.480 e. The van der Waals surface area contributed by atoms with E-state index in [0.717, 1.165) is 19.3 Å². The van der Waals surface area contributed by atoms with Gasteiger partial charge in [-0.05, 0) is 50.3 Å². The van der Waals surface area contributed by atoms with Crippen molar-refractivity contribution in [2.24, 2.45) is 0 Å². The first-order chi connectivity index (χ1) is 11.8. The number of aliphatic carboxylic acids is 1. The SMILES string of the molecule is Cc1ccc(S(=O)(=O)N2CCCCC2)cc1C(=O)NC1(C(=O)O)CC1. The van der Waals surface area contributed by atoms with Crippen LogP contribution in [0.5, 0.6) is 0 Å². The van der Waals surface area contributed by atoms with Gasteiger partial charge in [0.25, 0.3) is 5.91 Å². The standard InChI is InChI=1S/C17H22N2O5S/c1-12-5-6-13(25(23,24)19-9-3-2-4-10-19)11-14(12)15(20)18-17(7-8-17)16(21)22/h5-6,11H,2-4,7-10H2,1H3,(H,18,20)(H,21,22). The van der Waals surface area contributed by atoms with Crippen LogP contribution >= 0.6 is 0 Å². The number of carboxylic acid groups (broad SMARTS) is 1. The molecule has 2 N–H and O–H groups in total. The van der Waals surface area contributed by atoms with Crippen LogP contribution in [0.3, 0.4) is 0 Å². The van der Waals surface area contributed by atoms with Gasteiger partial charge in [-0.1, -0.05) is 12.5 Å². The highest BCUT2D eigenvalue weighted by Crippen LogP contribution is 2.36. The Kier molecular flexibility index (Phi) is 4.59. The Balaban J connectivity index is 1.88. The summed E-state index contributed by atoms with van der Waals surface area (Å²) in [5.41, 5.74) is -0.396. The first-order valence-electron chi connectivity index (χ1n) is 8.43. The zero-order valence-electron chi connectivity index (χ0n) is 14.1. The van der Waals surface area contributed by atoms with E-state index >= 15 is 0 Å². The van der Waals surface area contributed by atoms with Gasteiger partial charge < -0.3 is 10.4 Å². The molecule has 1 saturated heterocycles. The van der Waals surface area contributed by atoms with Gasteiger partial charge in [-0.15, -0.1) is 0 Å². The van der Waals surface area contributed by atoms with E-state index in [1.165, 1.54) is 16.4 Å². The molecule has 25 heavy (non-hydrogen) atoms. The summed E-state index contributed by atoms with van der Waals surface area (Å²) >= 11 is 0. The molecule has 0 atom stereocenters. The van der Waals surface area contributed by atoms with E-state index in [-0.39, 0.29) is 10.5 Å². The lowest BCUT2D eigenvalue weighted by Gasteiger charge is -2.26. The molecular weight excluding hydrogens is 344 g/mol. The maximum absolute atomic E-state index is 12.8. The second-order valence-electron chi connectivity index (χ2n) is 6.78. The number of carbonyl (C=O) groups is 2. The van der Waals surface area contributed by atoms with Crippen LogP contribution in [0.2, 0.25) is 0 Å². The Hall–Kier alpha value is -1.93. The topological polar surface area (TPSA) is 104 Å². The fraction of sp³-hybridized carbons (Fsp3) is 0.529. The number of piperidine rings is 1. The van der Waals surface area contributed by atoms with Gasteiger partial charge in [-0.3, -0.25) is 4.79 Å². The van der Waals surface area contributed by atoms with Crippen LogP contribution in [-0.2, 0) is 14.8 Å². The van der Waals surface area contributed by atoms with Gasteiger partial charge in [0, 0.05) is 18.7 Å². The van der Waals surface area contributed by atoms with E-state index in [0.29, 0.717) is 31.5 Å². The van der Waals surface area contributed by atoms with Gasteiger partial charge in [-0.25, -0.2) is 13.2 Å². The second-order valence-corrected chi connectivity index (χ2v) is 8.72. The summed E-state index contributed by atoms with van der Waals surface area (Å²) < 4.78 is 27.0. The van der Waals surface area contributed by atoms with Crippen LogP contribution < -0.4 is 5.32 Å². The third-order valence-electron chi connectivity index (χ3n) is 4.92. The zero-order valence-corrected chi connectivity index (χ0v) is 14.9. The number of hydrogen-bond donors (Lipinski definition) is 2. The predicted octanol–water partition coefficient (Wildman–Crippen LogP) is 1.52. The highest BCUT2D eigenvalue weighted by molar-refractivity contribution is 7.89. The first-order valence-corrected chi connectivity index (χ1v) is 9.87. The molecular formula is C17H22N2O5S. The van der Waals surface area contributed by atoms with Crippen LogP contribution in [0, 0.1) is 6.92 Å². The molecule has 1 amide bonds. The monoisotopic (exact) mass is 366 g/mol. The van der Waals surface area contributed by atoms with Gasteiger partial charge in [-0.2, -0.15) is 4.31 Å². The van der Waals surface area contributed by atoms with Gasteiger partial charge >= 0.3 is 5.97 Å². The molecule has 1 aromatic rings. The van der Waals surface area contributed by atoms with Gasteiger partial charge in [0.1, 0.15) is 5.54 Å². The molecule has 1 aromatic carbocycles. The Labute approximate surface area is 147 Å². The molecule has 7 nitrogen and oxygen atoms in total. The minimum atomic E-state index is -3.64. The average Bonchev–Trinajstić information content (AvgIpc) is 3.36. The predicted molar refractivity (Wildman–Crippen MR) is 90.9 cm³/mol. The number of nitrogens with one attached hydrogen (secondary N) is 1. The van der Waals surface area contributed by atoms with E-state index in [1.807, 2.05) is 0 Å². The molecule has 1 aliphatic carbocycles. The lowest BCUT2D eigenvalue weighted by molar-refractivity contribution is -0.140. The van der Waals surface area contributed by atoms with Crippen molar-refractivity contribution in [2.45, 2.75) is 49.5 Å². The maximum Gasteiger partial charge on any atom is 0.329 e. The Bertz CT molecular complexity index is 808. The van der Waals surface area contributed by atoms with Crippen molar-refractivity contribution >= 4 is 21.9 Å². The van der Waals surface area contributed by atoms with E-state index in [1.54, 1.807) is 13.0 Å². The Morgan fingerprint density at radius 1 is 1.16 bits per heavy atom. The fourth-order valence-corrected chi connectivity index (χ4v) is 4.61. The smallest absolute Gasteiger partial charge is 0.329 e. The van der Waals surface area contributed by atoms with E-state index < -0.39 is 27.4 Å². The molecule has 1 aliphatic heterocycles. The van der Waals surface area contributed by atoms with Crippen LogP contribution in [0.4, 0.5) is 0 Å². The largest absolute Gasteiger partial charge is 0.480 e. The van der Waals surface area contributed by atoms with Crippen LogP contribution in [-0.4, -0.2) is 48.3 Å². The van der Waals surface area contributed by atoms with Crippen LogP contribution in [0.25, 0.3) is 0 Å². The van der Waals surface area contributed by atoms with Crippen molar-refractivity contribution in [1.82, 2.24) is 9.62 Å². The normalized spacial score (nSPS) is 20.0. The first kappa shape index (κ1) is 17.9. The zero-order chi connectivity index (χ0) is 18.2. The summed E-state index contributed by atoms with van der Waals surface area (Å²) in [6, 6.07) is 4.44. The number of sulfonamides is 1. The summed E-state index contributed by atoms with van der Waals surface area (Å²) in [4.78, 5) is 23.8. The van der Waals surface area contributed by atoms with Crippen molar-refractivity contribution in [2.75, 3.05) is 13.1 Å². The molecule has 2 aliphatic rings. The molecule has 0 unspecified atom stereocenters. The number of benzene rings is 1. The Morgan fingerprint density at radius 3 is 2.36 bits per heavy atom. The van der Waals surface area contributed by atoms with Crippen molar-refractivity contribution in [3.63, 3.8) is 0 Å². The van der Waals surface area contributed by atoms with E-state index in [4.69, 9.17) is 0 Å². The molecule has 136 valence electrons. The molecule has 0 spiro atoms. The van der Waals surface area contributed by atoms with Crippen molar-refractivity contribution < 1.29 is 23.1 Å². The van der Waals surface area contributed by atoms with Crippen LogP contribution in [0.15, 0.2) is 23.1 Å². The number of amides is 1. The molecule has 2 fully saturated rings. The van der Waals surface area contributed by atoms with Gasteiger partial charge in [0.05, 0.1) is 4.90 Å². The molecule has 0 radical (unpaired) electrons. The summed E-state index contributed by atoms with van der Waals surface area (Å²) in [5.74, 6) is -1.61. The number of rotatable bonds is 5. The molecule has 3 rings (SSSR count).